The maximum Gasteiger partial charge on any atom is 0.419 e. The van der Waals surface area contributed by atoms with Crippen LogP contribution in [0, 0.1) is 0 Å². The fourth-order valence-corrected chi connectivity index (χ4v) is 4.40. The van der Waals surface area contributed by atoms with Crippen LogP contribution in [0.15, 0.2) is 27.4 Å². The number of carbonyl (C=O) groups is 1. The van der Waals surface area contributed by atoms with Crippen LogP contribution in [0.4, 0.5) is 10.5 Å². The molecule has 130 valence electrons. The number of anilines is 1. The number of nitrogens with one attached hydrogen (secondary N) is 2. The minimum atomic E-state index is -0.409. The van der Waals surface area contributed by atoms with Crippen molar-refractivity contribution in [2.45, 2.75) is 43.9 Å². The Morgan fingerprint density at radius 2 is 2.25 bits per heavy atom. The third kappa shape index (κ3) is 3.77. The van der Waals surface area contributed by atoms with Crippen molar-refractivity contribution < 1.29 is 9.21 Å². The van der Waals surface area contributed by atoms with Crippen molar-refractivity contribution in [3.8, 4) is 0 Å². The van der Waals surface area contributed by atoms with E-state index >= 15 is 0 Å². The molecule has 1 aromatic heterocycles. The molecule has 0 unspecified atom stereocenters. The molecule has 0 spiro atoms. The van der Waals surface area contributed by atoms with Crippen molar-refractivity contribution in [3.63, 3.8) is 0 Å². The number of fused-ring (bicyclic) bond motifs is 1. The highest BCUT2D eigenvalue weighted by atomic mass is 32.2. The number of aromatic nitrogens is 1. The van der Waals surface area contributed by atoms with Gasteiger partial charge >= 0.3 is 11.8 Å². The predicted molar refractivity (Wildman–Crippen MR) is 97.8 cm³/mol. The van der Waals surface area contributed by atoms with Crippen LogP contribution in [0.5, 0.6) is 0 Å². The van der Waals surface area contributed by atoms with E-state index < -0.39 is 5.76 Å². The third-order valence-corrected chi connectivity index (χ3v) is 5.65. The van der Waals surface area contributed by atoms with Crippen molar-refractivity contribution in [1.82, 2.24) is 9.88 Å². The van der Waals surface area contributed by atoms with Crippen molar-refractivity contribution in [1.29, 1.82) is 0 Å². The zero-order valence-corrected chi connectivity index (χ0v) is 14.8. The lowest BCUT2D eigenvalue weighted by atomic mass is 9.95. The summed E-state index contributed by atoms with van der Waals surface area (Å²) in [5.74, 6) is 0.708. The number of oxazole rings is 1. The fraction of sp³-hybridized carbons (Fsp3) is 0.529. The first-order valence-electron chi connectivity index (χ1n) is 8.35. The van der Waals surface area contributed by atoms with Gasteiger partial charge in [-0.2, -0.15) is 11.8 Å². The van der Waals surface area contributed by atoms with Crippen molar-refractivity contribution in [2.24, 2.45) is 7.05 Å². The van der Waals surface area contributed by atoms with Gasteiger partial charge in [0.15, 0.2) is 5.58 Å². The number of amides is 2. The van der Waals surface area contributed by atoms with Crippen molar-refractivity contribution in [2.75, 3.05) is 11.1 Å². The van der Waals surface area contributed by atoms with Crippen LogP contribution >= 0.6 is 11.8 Å². The normalized spacial score (nSPS) is 20.9. The smallest absolute Gasteiger partial charge is 0.408 e. The van der Waals surface area contributed by atoms with Gasteiger partial charge in [-0.3, -0.25) is 4.57 Å². The maximum atomic E-state index is 12.2. The van der Waals surface area contributed by atoms with Gasteiger partial charge < -0.3 is 15.1 Å². The molecule has 0 aliphatic heterocycles. The van der Waals surface area contributed by atoms with E-state index in [2.05, 4.69) is 17.6 Å². The SMILES string of the molecule is CCS[C@H]1CCC[C@H](NC(=O)Nc2ccc3c(c2)oc(=O)n3C)C1. The Balaban J connectivity index is 1.61. The van der Waals surface area contributed by atoms with Gasteiger partial charge in [-0.05, 0) is 37.1 Å². The number of benzene rings is 1. The lowest BCUT2D eigenvalue weighted by molar-refractivity contribution is 0.244. The molecular formula is C17H23N3O3S. The van der Waals surface area contributed by atoms with Crippen LogP contribution in [-0.4, -0.2) is 27.6 Å². The summed E-state index contributed by atoms with van der Waals surface area (Å²) in [6.45, 7) is 2.17. The van der Waals surface area contributed by atoms with Gasteiger partial charge in [0.05, 0.1) is 5.52 Å². The van der Waals surface area contributed by atoms with E-state index in [1.165, 1.54) is 11.0 Å². The Morgan fingerprint density at radius 1 is 1.42 bits per heavy atom. The molecule has 2 N–H and O–H groups in total. The molecule has 2 atom stereocenters. The van der Waals surface area contributed by atoms with Crippen LogP contribution in [0.3, 0.4) is 0 Å². The molecule has 1 aliphatic rings. The zero-order chi connectivity index (χ0) is 17.1. The summed E-state index contributed by atoms with van der Waals surface area (Å²) in [7, 11) is 1.65. The Kier molecular flexibility index (Phi) is 5.18. The number of aryl methyl sites for hydroxylation is 1. The molecule has 1 saturated carbocycles. The summed E-state index contributed by atoms with van der Waals surface area (Å²) in [6.07, 6.45) is 4.45. The number of nitrogens with zero attached hydrogens (tertiary/aromatic N) is 1. The Bertz CT molecular complexity index is 781. The van der Waals surface area contributed by atoms with Gasteiger partial charge in [-0.25, -0.2) is 9.59 Å². The predicted octanol–water partition coefficient (Wildman–Crippen LogP) is 3.32. The molecule has 0 radical (unpaired) electrons. The standard InChI is InChI=1S/C17H23N3O3S/c1-3-24-13-6-4-5-11(9-13)18-16(21)19-12-7-8-14-15(10-12)23-17(22)20(14)2/h7-8,10-11,13H,3-6,9H2,1-2H3,(H2,18,19,21)/t11-,13-/m0/s1. The summed E-state index contributed by atoms with van der Waals surface area (Å²) < 4.78 is 6.58. The molecular weight excluding hydrogens is 326 g/mol. The molecule has 7 heteroatoms. The summed E-state index contributed by atoms with van der Waals surface area (Å²) in [4.78, 5) is 23.7. The van der Waals surface area contributed by atoms with E-state index in [4.69, 9.17) is 4.42 Å². The van der Waals surface area contributed by atoms with Crippen LogP contribution in [0.25, 0.3) is 11.1 Å². The van der Waals surface area contributed by atoms with E-state index in [0.717, 1.165) is 25.0 Å². The zero-order valence-electron chi connectivity index (χ0n) is 14.0. The number of urea groups is 1. The van der Waals surface area contributed by atoms with Crippen LogP contribution in [0.2, 0.25) is 0 Å². The summed E-state index contributed by atoms with van der Waals surface area (Å²) in [5.41, 5.74) is 1.79. The number of carbonyl (C=O) groups excluding carboxylic acids is 1. The molecule has 0 bridgehead atoms. The van der Waals surface area contributed by atoms with Gasteiger partial charge in [0.2, 0.25) is 0 Å². The van der Waals surface area contributed by atoms with Gasteiger partial charge in [0, 0.05) is 30.1 Å². The highest BCUT2D eigenvalue weighted by Crippen LogP contribution is 2.28. The summed E-state index contributed by atoms with van der Waals surface area (Å²) in [6, 6.07) is 5.23. The summed E-state index contributed by atoms with van der Waals surface area (Å²) >= 11 is 1.98. The van der Waals surface area contributed by atoms with E-state index in [1.807, 2.05) is 11.8 Å². The van der Waals surface area contributed by atoms with Gasteiger partial charge in [0.1, 0.15) is 0 Å². The Labute approximate surface area is 145 Å². The molecule has 1 aromatic carbocycles. The fourth-order valence-electron chi connectivity index (χ4n) is 3.23. The van der Waals surface area contributed by atoms with Gasteiger partial charge in [0.25, 0.3) is 0 Å². The van der Waals surface area contributed by atoms with Gasteiger partial charge in [-0.15, -0.1) is 0 Å². The first kappa shape index (κ1) is 17.0. The minimum Gasteiger partial charge on any atom is -0.408 e. The molecule has 6 nitrogen and oxygen atoms in total. The Hall–Kier alpha value is -1.89. The maximum absolute atomic E-state index is 12.2. The first-order valence-corrected chi connectivity index (χ1v) is 9.40. The van der Waals surface area contributed by atoms with E-state index in [0.29, 0.717) is 22.0 Å². The first-order chi connectivity index (χ1) is 11.6. The molecule has 24 heavy (non-hydrogen) atoms. The Morgan fingerprint density at radius 3 is 3.04 bits per heavy atom. The number of hydrogen-bond acceptors (Lipinski definition) is 4. The van der Waals surface area contributed by atoms with Crippen molar-refractivity contribution in [3.05, 3.63) is 28.7 Å². The largest absolute Gasteiger partial charge is 0.419 e. The van der Waals surface area contributed by atoms with Crippen LogP contribution in [0.1, 0.15) is 32.6 Å². The quantitative estimate of drug-likeness (QED) is 0.888. The van der Waals surface area contributed by atoms with Crippen molar-refractivity contribution >= 4 is 34.6 Å². The van der Waals surface area contributed by atoms with E-state index in [1.54, 1.807) is 25.2 Å². The molecule has 3 rings (SSSR count). The van der Waals surface area contributed by atoms with Crippen LogP contribution < -0.4 is 16.4 Å². The van der Waals surface area contributed by atoms with E-state index in [9.17, 15) is 9.59 Å². The van der Waals surface area contributed by atoms with E-state index in [-0.39, 0.29) is 12.1 Å². The van der Waals surface area contributed by atoms with Gasteiger partial charge in [-0.1, -0.05) is 13.3 Å². The number of hydrogen-bond donors (Lipinski definition) is 2. The summed E-state index contributed by atoms with van der Waals surface area (Å²) in [5, 5.41) is 6.53. The topological polar surface area (TPSA) is 76.3 Å². The van der Waals surface area contributed by atoms with Crippen LogP contribution in [-0.2, 0) is 7.05 Å². The monoisotopic (exact) mass is 349 g/mol. The molecule has 1 heterocycles. The molecule has 1 aliphatic carbocycles. The highest BCUT2D eigenvalue weighted by molar-refractivity contribution is 7.99. The molecule has 0 saturated heterocycles. The average Bonchev–Trinajstić information content (AvgIpc) is 2.82. The lowest BCUT2D eigenvalue weighted by Gasteiger charge is -2.29. The average molecular weight is 349 g/mol. The lowest BCUT2D eigenvalue weighted by Crippen LogP contribution is -2.41. The second-order valence-electron chi connectivity index (χ2n) is 6.15. The molecule has 2 amide bonds. The third-order valence-electron chi connectivity index (χ3n) is 4.41. The number of rotatable bonds is 4. The molecule has 2 aromatic rings. The second kappa shape index (κ2) is 7.34. The number of thioether (sulfide) groups is 1. The second-order valence-corrected chi connectivity index (χ2v) is 7.73. The minimum absolute atomic E-state index is 0.209. The highest BCUT2D eigenvalue weighted by Gasteiger charge is 2.23. The molecule has 1 fully saturated rings.